The highest BCUT2D eigenvalue weighted by Crippen LogP contribution is 2.20. The number of nitrogens with zero attached hydrogens (tertiary/aromatic N) is 1. The number of carbonyl (C=O) groups excluding carboxylic acids is 1. The molecular weight excluding hydrogens is 176 g/mol. The summed E-state index contributed by atoms with van der Waals surface area (Å²) in [5.74, 6) is -0.0714. The molecule has 0 atom stereocenters. The van der Waals surface area contributed by atoms with Gasteiger partial charge in [-0.3, -0.25) is 9.78 Å². The Morgan fingerprint density at radius 2 is 2.07 bits per heavy atom. The van der Waals surface area contributed by atoms with E-state index < -0.39 is 0 Å². The van der Waals surface area contributed by atoms with Crippen LogP contribution in [0, 0.1) is 0 Å². The van der Waals surface area contributed by atoms with Crippen LogP contribution in [0.15, 0.2) is 18.3 Å². The van der Waals surface area contributed by atoms with Gasteiger partial charge in [-0.1, -0.05) is 20.8 Å². The van der Waals surface area contributed by atoms with Crippen molar-refractivity contribution in [1.29, 1.82) is 0 Å². The fourth-order valence-corrected chi connectivity index (χ4v) is 1.13. The Hall–Kier alpha value is -1.38. The van der Waals surface area contributed by atoms with Crippen LogP contribution in [-0.2, 0) is 5.41 Å². The van der Waals surface area contributed by atoms with Crippen LogP contribution in [-0.4, -0.2) is 17.9 Å². The summed E-state index contributed by atoms with van der Waals surface area (Å²) < 4.78 is 0. The van der Waals surface area contributed by atoms with E-state index in [1.807, 2.05) is 6.07 Å². The molecule has 0 saturated heterocycles. The summed E-state index contributed by atoms with van der Waals surface area (Å²) in [4.78, 5) is 15.6. The topological polar surface area (TPSA) is 42.0 Å². The lowest BCUT2D eigenvalue weighted by Crippen LogP contribution is -2.20. The third kappa shape index (κ3) is 2.31. The van der Waals surface area contributed by atoms with E-state index in [0.717, 1.165) is 5.69 Å². The van der Waals surface area contributed by atoms with Gasteiger partial charge in [-0.25, -0.2) is 0 Å². The molecule has 0 unspecified atom stereocenters. The predicted octanol–water partition coefficient (Wildman–Crippen LogP) is 1.74. The van der Waals surface area contributed by atoms with Crippen LogP contribution in [0.5, 0.6) is 0 Å². The van der Waals surface area contributed by atoms with E-state index >= 15 is 0 Å². The van der Waals surface area contributed by atoms with Crippen molar-refractivity contribution < 1.29 is 4.79 Å². The van der Waals surface area contributed by atoms with E-state index in [9.17, 15) is 4.79 Å². The minimum Gasteiger partial charge on any atom is -0.355 e. The molecule has 3 nitrogen and oxygen atoms in total. The van der Waals surface area contributed by atoms with Gasteiger partial charge in [0, 0.05) is 29.9 Å². The van der Waals surface area contributed by atoms with Crippen molar-refractivity contribution in [2.45, 2.75) is 26.2 Å². The van der Waals surface area contributed by atoms with Crippen LogP contribution in [0.2, 0.25) is 0 Å². The van der Waals surface area contributed by atoms with Gasteiger partial charge in [-0.15, -0.1) is 0 Å². The van der Waals surface area contributed by atoms with Gasteiger partial charge >= 0.3 is 0 Å². The minimum absolute atomic E-state index is 0.0238. The minimum atomic E-state index is -0.0714. The number of hydrogen-bond donors (Lipinski definition) is 1. The first-order valence-electron chi connectivity index (χ1n) is 4.64. The molecule has 0 saturated carbocycles. The highest BCUT2D eigenvalue weighted by Gasteiger charge is 2.16. The molecule has 0 radical (unpaired) electrons. The normalized spacial score (nSPS) is 11.1. The second-order valence-corrected chi connectivity index (χ2v) is 4.26. The predicted molar refractivity (Wildman–Crippen MR) is 56.3 cm³/mol. The monoisotopic (exact) mass is 192 g/mol. The van der Waals surface area contributed by atoms with Crippen molar-refractivity contribution in [3.05, 3.63) is 29.6 Å². The maximum atomic E-state index is 11.4. The quantitative estimate of drug-likeness (QED) is 0.736. The van der Waals surface area contributed by atoms with E-state index in [0.29, 0.717) is 5.56 Å². The molecule has 0 aliphatic heterocycles. The summed E-state index contributed by atoms with van der Waals surface area (Å²) in [5, 5.41) is 2.59. The molecule has 0 bridgehead atoms. The number of nitrogens with one attached hydrogen (secondary N) is 1. The van der Waals surface area contributed by atoms with Crippen LogP contribution in [0.25, 0.3) is 0 Å². The Morgan fingerprint density at radius 1 is 1.43 bits per heavy atom. The highest BCUT2D eigenvalue weighted by atomic mass is 16.1. The van der Waals surface area contributed by atoms with Crippen LogP contribution >= 0.6 is 0 Å². The van der Waals surface area contributed by atoms with Gasteiger partial charge in [0.25, 0.3) is 5.91 Å². The van der Waals surface area contributed by atoms with Gasteiger partial charge in [0.05, 0.1) is 0 Å². The third-order valence-corrected chi connectivity index (χ3v) is 2.02. The first-order valence-corrected chi connectivity index (χ1v) is 4.64. The molecule has 1 N–H and O–H groups in total. The van der Waals surface area contributed by atoms with Crippen LogP contribution < -0.4 is 5.32 Å². The molecular formula is C11H16N2O. The molecule has 1 amide bonds. The molecule has 76 valence electrons. The molecule has 14 heavy (non-hydrogen) atoms. The smallest absolute Gasteiger partial charge is 0.251 e. The fraction of sp³-hybridized carbons (Fsp3) is 0.455. The van der Waals surface area contributed by atoms with Crippen LogP contribution in [0.4, 0.5) is 0 Å². The lowest BCUT2D eigenvalue weighted by Gasteiger charge is -2.17. The van der Waals surface area contributed by atoms with Crippen molar-refractivity contribution >= 4 is 5.91 Å². The summed E-state index contributed by atoms with van der Waals surface area (Å²) >= 11 is 0. The van der Waals surface area contributed by atoms with Crippen molar-refractivity contribution in [3.8, 4) is 0 Å². The molecule has 3 heteroatoms. The first kappa shape index (κ1) is 10.7. The Bertz CT molecular complexity index is 339. The second-order valence-electron chi connectivity index (χ2n) is 4.26. The van der Waals surface area contributed by atoms with E-state index in [1.165, 1.54) is 0 Å². The number of pyridine rings is 1. The molecule has 0 spiro atoms. The molecule has 1 heterocycles. The van der Waals surface area contributed by atoms with Gasteiger partial charge in [-0.2, -0.15) is 0 Å². The molecule has 0 aromatic carbocycles. The molecule has 0 aliphatic carbocycles. The third-order valence-electron chi connectivity index (χ3n) is 2.02. The van der Waals surface area contributed by atoms with Crippen molar-refractivity contribution in [2.75, 3.05) is 7.05 Å². The van der Waals surface area contributed by atoms with Crippen LogP contribution in [0.3, 0.4) is 0 Å². The lowest BCUT2D eigenvalue weighted by molar-refractivity contribution is 0.0963. The van der Waals surface area contributed by atoms with Gasteiger partial charge in [-0.05, 0) is 12.1 Å². The molecule has 0 aliphatic rings. The van der Waals surface area contributed by atoms with Gasteiger partial charge in [0.1, 0.15) is 0 Å². The van der Waals surface area contributed by atoms with Crippen molar-refractivity contribution in [1.82, 2.24) is 10.3 Å². The maximum absolute atomic E-state index is 11.4. The Kier molecular flexibility index (Phi) is 2.89. The van der Waals surface area contributed by atoms with E-state index in [4.69, 9.17) is 0 Å². The zero-order valence-corrected chi connectivity index (χ0v) is 9.09. The Morgan fingerprint density at radius 3 is 2.57 bits per heavy atom. The molecule has 1 rings (SSSR count). The molecule has 1 aromatic rings. The van der Waals surface area contributed by atoms with E-state index in [2.05, 4.69) is 31.1 Å². The number of hydrogen-bond acceptors (Lipinski definition) is 2. The number of rotatable bonds is 1. The second kappa shape index (κ2) is 3.78. The summed E-state index contributed by atoms with van der Waals surface area (Å²) in [6, 6.07) is 3.55. The standard InChI is InChI=1S/C11H16N2O/c1-11(2,3)9-7-8(5-6-13-9)10(14)12-4/h5-7H,1-4H3,(H,12,14). The Balaban J connectivity index is 3.08. The lowest BCUT2D eigenvalue weighted by atomic mass is 9.91. The number of carbonyl (C=O) groups is 1. The Labute approximate surface area is 84.6 Å². The highest BCUT2D eigenvalue weighted by molar-refractivity contribution is 5.93. The zero-order valence-electron chi connectivity index (χ0n) is 9.09. The number of amides is 1. The maximum Gasteiger partial charge on any atom is 0.251 e. The van der Waals surface area contributed by atoms with Crippen LogP contribution in [0.1, 0.15) is 36.8 Å². The summed E-state index contributed by atoms with van der Waals surface area (Å²) in [6.07, 6.45) is 1.67. The largest absolute Gasteiger partial charge is 0.355 e. The summed E-state index contributed by atoms with van der Waals surface area (Å²) in [5.41, 5.74) is 1.57. The van der Waals surface area contributed by atoms with Gasteiger partial charge in [0.15, 0.2) is 0 Å². The summed E-state index contributed by atoms with van der Waals surface area (Å²) in [7, 11) is 1.62. The number of aromatic nitrogens is 1. The zero-order chi connectivity index (χ0) is 10.8. The summed E-state index contributed by atoms with van der Waals surface area (Å²) in [6.45, 7) is 6.22. The van der Waals surface area contributed by atoms with Crippen molar-refractivity contribution in [3.63, 3.8) is 0 Å². The van der Waals surface area contributed by atoms with E-state index in [1.54, 1.807) is 19.3 Å². The van der Waals surface area contributed by atoms with Gasteiger partial charge < -0.3 is 5.32 Å². The van der Waals surface area contributed by atoms with E-state index in [-0.39, 0.29) is 11.3 Å². The fourth-order valence-electron chi connectivity index (χ4n) is 1.13. The van der Waals surface area contributed by atoms with Crippen molar-refractivity contribution in [2.24, 2.45) is 0 Å². The SMILES string of the molecule is CNC(=O)c1ccnc(C(C)(C)C)c1. The van der Waals surface area contributed by atoms with Gasteiger partial charge in [0.2, 0.25) is 0 Å². The molecule has 1 aromatic heterocycles. The average Bonchev–Trinajstić information content (AvgIpc) is 2.15. The average molecular weight is 192 g/mol. The first-order chi connectivity index (χ1) is 6.45. The molecule has 0 fully saturated rings.